The number of alkyl halides is 2. The monoisotopic (exact) mass is 503 g/mol. The van der Waals surface area contributed by atoms with Gasteiger partial charge in [0.2, 0.25) is 0 Å². The van der Waals surface area contributed by atoms with E-state index in [1.165, 1.54) is 10.7 Å². The van der Waals surface area contributed by atoms with E-state index >= 15 is 0 Å². The Kier molecular flexibility index (Phi) is 7.17. The van der Waals surface area contributed by atoms with Crippen molar-refractivity contribution in [2.24, 2.45) is 11.8 Å². The molecular weight excluding hydrogens is 468 g/mol. The highest BCUT2D eigenvalue weighted by Crippen LogP contribution is 2.37. The standard InChI is InChI=1S/C25H33F2N7O2.H2/c1-16(2)17-4-6-18(7-5-17)34-15-20(22(31-34)23(26)27)29-25(35)19-14-28-33-10-8-21(30-24(19)33)32-9-3-12-36-13-11-32;/h8,10,14-18,23H,3-7,9,11-13H2,1-2H3,(H,29,35);1H. The van der Waals surface area contributed by atoms with Crippen LogP contribution in [0.5, 0.6) is 0 Å². The number of nitrogens with zero attached hydrogens (tertiary/aromatic N) is 6. The number of amides is 1. The van der Waals surface area contributed by atoms with Crippen molar-refractivity contribution in [2.45, 2.75) is 58.4 Å². The Bertz CT molecular complexity index is 1200. The van der Waals surface area contributed by atoms with Crippen LogP contribution in [0.25, 0.3) is 5.65 Å². The van der Waals surface area contributed by atoms with Gasteiger partial charge in [0.05, 0.1) is 24.5 Å². The molecule has 4 heterocycles. The summed E-state index contributed by atoms with van der Waals surface area (Å²) in [6.07, 6.45) is 6.67. The van der Waals surface area contributed by atoms with E-state index in [0.29, 0.717) is 37.2 Å². The predicted molar refractivity (Wildman–Crippen MR) is 134 cm³/mol. The molecule has 2 aliphatic rings. The molecule has 2 fully saturated rings. The van der Waals surface area contributed by atoms with Crippen molar-refractivity contribution in [1.29, 1.82) is 0 Å². The Hall–Kier alpha value is -3.08. The maximum absolute atomic E-state index is 13.8. The molecule has 0 spiro atoms. The highest BCUT2D eigenvalue weighted by Gasteiger charge is 2.28. The molecule has 0 aromatic carbocycles. The van der Waals surface area contributed by atoms with Gasteiger partial charge in [0.15, 0.2) is 11.3 Å². The number of hydrogen-bond donors (Lipinski definition) is 1. The number of anilines is 2. The molecule has 0 atom stereocenters. The third kappa shape index (κ3) is 5.07. The van der Waals surface area contributed by atoms with Gasteiger partial charge in [-0.25, -0.2) is 18.3 Å². The lowest BCUT2D eigenvalue weighted by atomic mass is 9.80. The first-order valence-corrected chi connectivity index (χ1v) is 12.8. The highest BCUT2D eigenvalue weighted by atomic mass is 19.3. The Morgan fingerprint density at radius 3 is 2.75 bits per heavy atom. The maximum Gasteiger partial charge on any atom is 0.284 e. The van der Waals surface area contributed by atoms with Gasteiger partial charge >= 0.3 is 0 Å². The van der Waals surface area contributed by atoms with Crippen LogP contribution in [-0.4, -0.2) is 56.6 Å². The summed E-state index contributed by atoms with van der Waals surface area (Å²) in [4.78, 5) is 20.0. The van der Waals surface area contributed by atoms with E-state index in [-0.39, 0.29) is 18.7 Å². The summed E-state index contributed by atoms with van der Waals surface area (Å²) in [5, 5.41) is 11.1. The molecule has 1 amide bonds. The fourth-order valence-corrected chi connectivity index (χ4v) is 5.24. The highest BCUT2D eigenvalue weighted by molar-refractivity contribution is 6.08. The van der Waals surface area contributed by atoms with Crippen molar-refractivity contribution in [3.63, 3.8) is 0 Å². The Morgan fingerprint density at radius 2 is 2.00 bits per heavy atom. The van der Waals surface area contributed by atoms with Gasteiger partial charge in [-0.3, -0.25) is 9.48 Å². The summed E-state index contributed by atoms with van der Waals surface area (Å²) >= 11 is 0. The van der Waals surface area contributed by atoms with Gasteiger partial charge in [-0.2, -0.15) is 10.2 Å². The lowest BCUT2D eigenvalue weighted by Crippen LogP contribution is -2.27. The lowest BCUT2D eigenvalue weighted by molar-refractivity contribution is 0.102. The molecular formula is C25H35F2N7O2. The molecule has 0 unspecified atom stereocenters. The molecule has 1 saturated carbocycles. The molecule has 0 radical (unpaired) electrons. The molecule has 1 saturated heterocycles. The normalized spacial score (nSPS) is 21.3. The summed E-state index contributed by atoms with van der Waals surface area (Å²) in [7, 11) is 0. The second-order valence-electron chi connectivity index (χ2n) is 10.0. The zero-order chi connectivity index (χ0) is 25.2. The summed E-state index contributed by atoms with van der Waals surface area (Å²) in [6.45, 7) is 7.27. The van der Waals surface area contributed by atoms with Crippen LogP contribution in [0.3, 0.4) is 0 Å². The number of halogens is 2. The smallest absolute Gasteiger partial charge is 0.284 e. The first kappa shape index (κ1) is 24.6. The van der Waals surface area contributed by atoms with E-state index in [0.717, 1.165) is 44.5 Å². The van der Waals surface area contributed by atoms with Crippen LogP contribution in [0.1, 0.15) is 75.9 Å². The lowest BCUT2D eigenvalue weighted by Gasteiger charge is -2.30. The van der Waals surface area contributed by atoms with Crippen molar-refractivity contribution in [3.05, 3.63) is 35.9 Å². The van der Waals surface area contributed by atoms with Gasteiger partial charge in [-0.15, -0.1) is 0 Å². The van der Waals surface area contributed by atoms with Crippen molar-refractivity contribution in [1.82, 2.24) is 24.4 Å². The Labute approximate surface area is 210 Å². The van der Waals surface area contributed by atoms with E-state index < -0.39 is 18.0 Å². The van der Waals surface area contributed by atoms with Gasteiger partial charge < -0.3 is 15.0 Å². The molecule has 1 aliphatic carbocycles. The molecule has 11 heteroatoms. The number of carbonyl (C=O) groups is 1. The van der Waals surface area contributed by atoms with Gasteiger partial charge in [0, 0.05) is 33.5 Å². The third-order valence-electron chi connectivity index (χ3n) is 7.42. The zero-order valence-electron chi connectivity index (χ0n) is 20.7. The van der Waals surface area contributed by atoms with Gasteiger partial charge in [-0.05, 0) is 50.0 Å². The predicted octanol–water partition coefficient (Wildman–Crippen LogP) is 4.98. The number of nitrogens with one attached hydrogen (secondary N) is 1. The largest absolute Gasteiger partial charge is 0.380 e. The second kappa shape index (κ2) is 10.5. The van der Waals surface area contributed by atoms with Crippen LogP contribution >= 0.6 is 0 Å². The average molecular weight is 504 g/mol. The Balaban J connectivity index is 0.00000320. The van der Waals surface area contributed by atoms with Crippen LogP contribution in [-0.2, 0) is 4.74 Å². The number of hydrogen-bond acceptors (Lipinski definition) is 6. The van der Waals surface area contributed by atoms with Crippen molar-refractivity contribution in [3.8, 4) is 0 Å². The topological polar surface area (TPSA) is 89.6 Å². The number of carbonyl (C=O) groups excluding carboxylic acids is 1. The van der Waals surface area contributed by atoms with Crippen molar-refractivity contribution < 1.29 is 19.7 Å². The fraction of sp³-hybridized carbons (Fsp3) is 0.600. The number of fused-ring (bicyclic) bond motifs is 1. The molecule has 196 valence electrons. The number of rotatable bonds is 6. The molecule has 5 rings (SSSR count). The van der Waals surface area contributed by atoms with E-state index in [4.69, 9.17) is 4.74 Å². The summed E-state index contributed by atoms with van der Waals surface area (Å²) in [5.74, 6) is 1.45. The van der Waals surface area contributed by atoms with Gasteiger partial charge in [-0.1, -0.05) is 13.8 Å². The summed E-state index contributed by atoms with van der Waals surface area (Å²) in [6, 6.07) is 1.90. The van der Waals surface area contributed by atoms with Crippen LogP contribution in [0.4, 0.5) is 20.3 Å². The second-order valence-corrected chi connectivity index (χ2v) is 10.0. The average Bonchev–Trinajstić information content (AvgIpc) is 3.39. The molecule has 36 heavy (non-hydrogen) atoms. The minimum absolute atomic E-state index is 0. The van der Waals surface area contributed by atoms with Crippen LogP contribution in [0, 0.1) is 11.8 Å². The van der Waals surface area contributed by atoms with Gasteiger partial charge in [0.1, 0.15) is 11.4 Å². The maximum atomic E-state index is 13.8. The minimum Gasteiger partial charge on any atom is -0.380 e. The van der Waals surface area contributed by atoms with E-state index in [9.17, 15) is 13.6 Å². The minimum atomic E-state index is -2.80. The molecule has 0 bridgehead atoms. The van der Waals surface area contributed by atoms with E-state index in [1.54, 1.807) is 17.1 Å². The quantitative estimate of drug-likeness (QED) is 0.511. The molecule has 3 aromatic rings. The van der Waals surface area contributed by atoms with E-state index in [2.05, 4.69) is 39.2 Å². The zero-order valence-corrected chi connectivity index (χ0v) is 20.7. The number of ether oxygens (including phenoxy) is 1. The van der Waals surface area contributed by atoms with Crippen LogP contribution < -0.4 is 10.2 Å². The molecule has 3 aromatic heterocycles. The van der Waals surface area contributed by atoms with Gasteiger partial charge in [0.25, 0.3) is 12.3 Å². The molecule has 1 N–H and O–H groups in total. The molecule has 9 nitrogen and oxygen atoms in total. The summed E-state index contributed by atoms with van der Waals surface area (Å²) < 4.78 is 36.3. The summed E-state index contributed by atoms with van der Waals surface area (Å²) in [5.41, 5.74) is 0.201. The fourth-order valence-electron chi connectivity index (χ4n) is 5.24. The van der Waals surface area contributed by atoms with Crippen LogP contribution in [0.2, 0.25) is 0 Å². The number of aromatic nitrogens is 5. The molecule has 1 aliphatic heterocycles. The third-order valence-corrected chi connectivity index (χ3v) is 7.42. The first-order valence-electron chi connectivity index (χ1n) is 12.8. The van der Waals surface area contributed by atoms with Crippen molar-refractivity contribution in [2.75, 3.05) is 36.5 Å². The Morgan fingerprint density at radius 1 is 1.19 bits per heavy atom. The first-order chi connectivity index (χ1) is 17.4. The van der Waals surface area contributed by atoms with Crippen LogP contribution in [0.15, 0.2) is 24.7 Å². The van der Waals surface area contributed by atoms with Crippen molar-refractivity contribution >= 4 is 23.1 Å². The SMILES string of the molecule is CC(C)C1CCC(n2cc(NC(=O)c3cnn4ccc(N5CCCOCC5)nc34)c(C(F)F)n2)CC1.[HH]. The van der Waals surface area contributed by atoms with E-state index in [1.807, 2.05) is 6.07 Å².